The van der Waals surface area contributed by atoms with E-state index in [2.05, 4.69) is 37.2 Å². The second-order valence-electron chi connectivity index (χ2n) is 3.44. The lowest BCUT2D eigenvalue weighted by atomic mass is 10.1. The molecule has 1 amide bonds. The van der Waals surface area contributed by atoms with Crippen LogP contribution in [0.4, 0.5) is 5.69 Å². The second kappa shape index (κ2) is 4.55. The van der Waals surface area contributed by atoms with Gasteiger partial charge >= 0.3 is 0 Å². The Kier molecular flexibility index (Phi) is 3.30. The van der Waals surface area contributed by atoms with Crippen LogP contribution in [0.3, 0.4) is 0 Å². The zero-order chi connectivity index (χ0) is 11.7. The fourth-order valence-electron chi connectivity index (χ4n) is 1.60. The van der Waals surface area contributed by atoms with E-state index in [0.717, 1.165) is 25.4 Å². The molecule has 0 aromatic heterocycles. The summed E-state index contributed by atoms with van der Waals surface area (Å²) >= 11 is 6.96. The van der Waals surface area contributed by atoms with Crippen molar-refractivity contribution >= 4 is 54.2 Å². The van der Waals surface area contributed by atoms with Crippen molar-refractivity contribution in [3.8, 4) is 0 Å². The molecule has 0 heterocycles. The summed E-state index contributed by atoms with van der Waals surface area (Å²) in [7, 11) is 0. The quantitative estimate of drug-likeness (QED) is 0.821. The summed E-state index contributed by atoms with van der Waals surface area (Å²) in [6.45, 7) is 1.50. The van der Waals surface area contributed by atoms with Crippen LogP contribution in [-0.4, -0.2) is 5.91 Å². The van der Waals surface area contributed by atoms with Gasteiger partial charge in [0.05, 0.1) is 5.69 Å². The molecule has 2 aromatic carbocycles. The van der Waals surface area contributed by atoms with Crippen LogP contribution in [0.15, 0.2) is 39.3 Å². The monoisotopic (exact) mass is 341 g/mol. The number of anilines is 1. The van der Waals surface area contributed by atoms with Gasteiger partial charge in [-0.2, -0.15) is 0 Å². The summed E-state index contributed by atoms with van der Waals surface area (Å²) in [6, 6.07) is 9.85. The van der Waals surface area contributed by atoms with Crippen LogP contribution in [0.5, 0.6) is 0 Å². The SMILES string of the molecule is CC(=O)Nc1c(Br)cc(Br)c2ccccc12. The maximum atomic E-state index is 11.2. The molecular formula is C12H9Br2NO. The van der Waals surface area contributed by atoms with Gasteiger partial charge in [-0.3, -0.25) is 4.79 Å². The van der Waals surface area contributed by atoms with Crippen LogP contribution >= 0.6 is 31.9 Å². The largest absolute Gasteiger partial charge is 0.325 e. The van der Waals surface area contributed by atoms with Gasteiger partial charge in [0, 0.05) is 21.3 Å². The summed E-state index contributed by atoms with van der Waals surface area (Å²) in [6.07, 6.45) is 0. The van der Waals surface area contributed by atoms with E-state index in [1.54, 1.807) is 0 Å². The molecule has 82 valence electrons. The number of carbonyl (C=O) groups is 1. The van der Waals surface area contributed by atoms with Crippen LogP contribution in [0.25, 0.3) is 10.8 Å². The molecule has 0 aliphatic rings. The third kappa shape index (κ3) is 2.13. The number of hydrogen-bond acceptors (Lipinski definition) is 1. The molecule has 0 saturated heterocycles. The molecule has 0 unspecified atom stereocenters. The van der Waals surface area contributed by atoms with Crippen LogP contribution in [0, 0.1) is 0 Å². The molecule has 0 radical (unpaired) electrons. The van der Waals surface area contributed by atoms with Gasteiger partial charge in [0.1, 0.15) is 0 Å². The molecule has 16 heavy (non-hydrogen) atoms. The number of nitrogens with one attached hydrogen (secondary N) is 1. The first-order valence-corrected chi connectivity index (χ1v) is 6.32. The van der Waals surface area contributed by atoms with Crippen LogP contribution < -0.4 is 5.32 Å². The molecule has 4 heteroatoms. The van der Waals surface area contributed by atoms with Gasteiger partial charge < -0.3 is 5.32 Å². The van der Waals surface area contributed by atoms with E-state index in [4.69, 9.17) is 0 Å². The Morgan fingerprint density at radius 2 is 1.75 bits per heavy atom. The lowest BCUT2D eigenvalue weighted by molar-refractivity contribution is -0.114. The lowest BCUT2D eigenvalue weighted by Gasteiger charge is -2.11. The van der Waals surface area contributed by atoms with Crippen molar-refractivity contribution in [2.45, 2.75) is 6.92 Å². The highest BCUT2D eigenvalue weighted by atomic mass is 79.9. The Labute approximate surface area is 110 Å². The Bertz CT molecular complexity index is 566. The van der Waals surface area contributed by atoms with Crippen molar-refractivity contribution in [3.63, 3.8) is 0 Å². The standard InChI is InChI=1S/C12H9Br2NO/c1-7(16)15-12-9-5-3-2-4-8(9)10(13)6-11(12)14/h2-6H,1H3,(H,15,16). The zero-order valence-corrected chi connectivity index (χ0v) is 11.7. The first-order chi connectivity index (χ1) is 7.59. The third-order valence-corrected chi connectivity index (χ3v) is 3.53. The molecule has 0 aliphatic carbocycles. The van der Waals surface area contributed by atoms with Gasteiger partial charge in [0.2, 0.25) is 5.91 Å². The predicted molar refractivity (Wildman–Crippen MR) is 73.7 cm³/mol. The van der Waals surface area contributed by atoms with Gasteiger partial charge in [-0.15, -0.1) is 0 Å². The fourth-order valence-corrected chi connectivity index (χ4v) is 3.03. The van der Waals surface area contributed by atoms with E-state index in [0.29, 0.717) is 0 Å². The minimum atomic E-state index is -0.0758. The number of fused-ring (bicyclic) bond motifs is 1. The number of carbonyl (C=O) groups excluding carboxylic acids is 1. The van der Waals surface area contributed by atoms with E-state index in [1.807, 2.05) is 30.3 Å². The lowest BCUT2D eigenvalue weighted by Crippen LogP contribution is -2.06. The van der Waals surface area contributed by atoms with Gasteiger partial charge in [-0.05, 0) is 27.4 Å². The van der Waals surface area contributed by atoms with Gasteiger partial charge in [0.15, 0.2) is 0 Å². The minimum absolute atomic E-state index is 0.0758. The van der Waals surface area contributed by atoms with Gasteiger partial charge in [-0.1, -0.05) is 40.2 Å². The summed E-state index contributed by atoms with van der Waals surface area (Å²) in [5, 5.41) is 4.93. The van der Waals surface area contributed by atoms with Crippen molar-refractivity contribution in [2.75, 3.05) is 5.32 Å². The molecule has 0 atom stereocenters. The summed E-state index contributed by atoms with van der Waals surface area (Å²) in [5.74, 6) is -0.0758. The molecule has 2 nitrogen and oxygen atoms in total. The molecule has 0 saturated carbocycles. The van der Waals surface area contributed by atoms with Crippen LogP contribution in [-0.2, 0) is 4.79 Å². The van der Waals surface area contributed by atoms with Crippen LogP contribution in [0.2, 0.25) is 0 Å². The molecule has 0 bridgehead atoms. The highest BCUT2D eigenvalue weighted by Crippen LogP contribution is 2.36. The molecule has 0 fully saturated rings. The highest BCUT2D eigenvalue weighted by Gasteiger charge is 2.09. The van der Waals surface area contributed by atoms with Crippen molar-refractivity contribution in [1.29, 1.82) is 0 Å². The Morgan fingerprint density at radius 3 is 2.38 bits per heavy atom. The van der Waals surface area contributed by atoms with Gasteiger partial charge in [-0.25, -0.2) is 0 Å². The van der Waals surface area contributed by atoms with E-state index in [-0.39, 0.29) is 5.91 Å². The Balaban J connectivity index is 2.76. The molecular weight excluding hydrogens is 334 g/mol. The predicted octanol–water partition coefficient (Wildman–Crippen LogP) is 4.32. The van der Waals surface area contributed by atoms with Crippen LogP contribution in [0.1, 0.15) is 6.92 Å². The summed E-state index contributed by atoms with van der Waals surface area (Å²) in [5.41, 5.74) is 0.811. The van der Waals surface area contributed by atoms with E-state index >= 15 is 0 Å². The average molecular weight is 343 g/mol. The van der Waals surface area contributed by atoms with E-state index < -0.39 is 0 Å². The van der Waals surface area contributed by atoms with Crippen molar-refractivity contribution in [3.05, 3.63) is 39.3 Å². The van der Waals surface area contributed by atoms with Gasteiger partial charge in [0.25, 0.3) is 0 Å². The van der Waals surface area contributed by atoms with Crippen molar-refractivity contribution in [1.82, 2.24) is 0 Å². The molecule has 0 spiro atoms. The average Bonchev–Trinajstić information content (AvgIpc) is 2.24. The first kappa shape index (κ1) is 11.6. The smallest absolute Gasteiger partial charge is 0.221 e. The topological polar surface area (TPSA) is 29.1 Å². The minimum Gasteiger partial charge on any atom is -0.325 e. The molecule has 1 N–H and O–H groups in total. The number of halogens is 2. The van der Waals surface area contributed by atoms with E-state index in [9.17, 15) is 4.79 Å². The molecule has 2 aromatic rings. The fraction of sp³-hybridized carbons (Fsp3) is 0.0833. The van der Waals surface area contributed by atoms with E-state index in [1.165, 1.54) is 6.92 Å². The summed E-state index contributed by atoms with van der Waals surface area (Å²) in [4.78, 5) is 11.2. The van der Waals surface area contributed by atoms with Crippen molar-refractivity contribution in [2.24, 2.45) is 0 Å². The summed E-state index contributed by atoms with van der Waals surface area (Å²) < 4.78 is 1.87. The third-order valence-electron chi connectivity index (χ3n) is 2.25. The second-order valence-corrected chi connectivity index (χ2v) is 5.15. The molecule has 2 rings (SSSR count). The normalized spacial score (nSPS) is 10.4. The zero-order valence-electron chi connectivity index (χ0n) is 8.55. The Morgan fingerprint density at radius 1 is 1.12 bits per heavy atom. The maximum absolute atomic E-state index is 11.2. The number of benzene rings is 2. The molecule has 0 aliphatic heterocycles. The van der Waals surface area contributed by atoms with Crippen molar-refractivity contribution < 1.29 is 4.79 Å². The maximum Gasteiger partial charge on any atom is 0.221 e. The first-order valence-electron chi connectivity index (χ1n) is 4.74. The number of amides is 1. The number of hydrogen-bond donors (Lipinski definition) is 1. The number of rotatable bonds is 1. The Hall–Kier alpha value is -0.870. The highest BCUT2D eigenvalue weighted by molar-refractivity contribution is 9.11.